The topological polar surface area (TPSA) is 56.6 Å². The average molecular weight is 347 g/mol. The molecule has 1 aliphatic heterocycles. The summed E-state index contributed by atoms with van der Waals surface area (Å²) in [7, 11) is 1.60. The fourth-order valence-electron chi connectivity index (χ4n) is 3.01. The van der Waals surface area contributed by atoms with Crippen LogP contribution in [0.1, 0.15) is 22.5 Å². The summed E-state index contributed by atoms with van der Waals surface area (Å²) >= 11 is 0. The molecular weight excluding hydrogens is 325 g/mol. The number of carbonyl (C=O) groups is 1. The van der Waals surface area contributed by atoms with Gasteiger partial charge in [0.2, 0.25) is 0 Å². The number of hydrogen-bond acceptors (Lipinski definition) is 4. The first-order chi connectivity index (χ1) is 12.2. The normalized spacial score (nSPS) is 18.0. The summed E-state index contributed by atoms with van der Waals surface area (Å²) in [6, 6.07) is 7.49. The number of ether oxygens (including phenoxy) is 2. The van der Waals surface area contributed by atoms with Crippen LogP contribution in [0.15, 0.2) is 30.5 Å². The molecule has 0 saturated carbocycles. The van der Waals surface area contributed by atoms with Crippen molar-refractivity contribution >= 4 is 5.91 Å². The Morgan fingerprint density at radius 1 is 1.44 bits per heavy atom. The van der Waals surface area contributed by atoms with E-state index in [0.717, 1.165) is 11.4 Å². The lowest BCUT2D eigenvalue weighted by Gasteiger charge is -2.22. The minimum absolute atomic E-state index is 0.150. The van der Waals surface area contributed by atoms with Gasteiger partial charge in [0.15, 0.2) is 0 Å². The summed E-state index contributed by atoms with van der Waals surface area (Å²) in [5, 5.41) is 4.36. The number of amides is 1. The van der Waals surface area contributed by atoms with E-state index in [1.54, 1.807) is 22.9 Å². The Bertz CT molecular complexity index is 747. The molecule has 3 rings (SSSR count). The monoisotopic (exact) mass is 347 g/mol. The van der Waals surface area contributed by atoms with E-state index >= 15 is 0 Å². The van der Waals surface area contributed by atoms with Crippen molar-refractivity contribution in [2.45, 2.75) is 19.4 Å². The third kappa shape index (κ3) is 3.51. The van der Waals surface area contributed by atoms with E-state index in [-0.39, 0.29) is 12.5 Å². The molecule has 1 amide bonds. The van der Waals surface area contributed by atoms with Crippen LogP contribution in [-0.2, 0) is 4.74 Å². The Balaban J connectivity index is 1.89. The highest BCUT2D eigenvalue weighted by atomic mass is 19.1. The Morgan fingerprint density at radius 3 is 3.00 bits per heavy atom. The third-order valence-electron chi connectivity index (χ3n) is 4.36. The predicted molar refractivity (Wildman–Crippen MR) is 91.1 cm³/mol. The van der Waals surface area contributed by atoms with E-state index in [1.165, 1.54) is 0 Å². The molecule has 1 fully saturated rings. The molecule has 6 nitrogen and oxygen atoms in total. The van der Waals surface area contributed by atoms with E-state index in [4.69, 9.17) is 9.47 Å². The summed E-state index contributed by atoms with van der Waals surface area (Å²) in [5.41, 5.74) is 1.99. The molecule has 0 radical (unpaired) electrons. The molecule has 1 aromatic heterocycles. The number of nitrogens with zero attached hydrogens (tertiary/aromatic N) is 3. The van der Waals surface area contributed by atoms with Gasteiger partial charge in [-0.15, -0.1) is 0 Å². The van der Waals surface area contributed by atoms with E-state index in [2.05, 4.69) is 5.10 Å². The molecule has 2 aromatic rings. The van der Waals surface area contributed by atoms with Crippen LogP contribution >= 0.6 is 0 Å². The highest BCUT2D eigenvalue weighted by molar-refractivity contribution is 5.95. The lowest BCUT2D eigenvalue weighted by atomic mass is 10.2. The number of aromatic nitrogens is 2. The average Bonchev–Trinajstić information content (AvgIpc) is 2.87. The van der Waals surface area contributed by atoms with Crippen LogP contribution < -0.4 is 4.74 Å². The molecule has 0 aliphatic carbocycles. The van der Waals surface area contributed by atoms with E-state index in [0.29, 0.717) is 30.9 Å². The first-order valence-corrected chi connectivity index (χ1v) is 8.30. The van der Waals surface area contributed by atoms with Gasteiger partial charge in [-0.2, -0.15) is 5.10 Å². The summed E-state index contributed by atoms with van der Waals surface area (Å²) < 4.78 is 25.4. The summed E-state index contributed by atoms with van der Waals surface area (Å²) in [4.78, 5) is 14.5. The second-order valence-corrected chi connectivity index (χ2v) is 5.98. The number of carbonyl (C=O) groups excluding carboxylic acids is 1. The minimum atomic E-state index is -0.594. The molecule has 0 spiro atoms. The van der Waals surface area contributed by atoms with Crippen LogP contribution in [0.2, 0.25) is 0 Å². The molecule has 1 unspecified atom stereocenters. The largest absolute Gasteiger partial charge is 0.494 e. The van der Waals surface area contributed by atoms with Gasteiger partial charge in [0.1, 0.15) is 24.2 Å². The lowest BCUT2D eigenvalue weighted by Crippen LogP contribution is -2.37. The number of para-hydroxylation sites is 2. The smallest absolute Gasteiger partial charge is 0.257 e. The molecule has 0 N–H and O–H groups in total. The van der Waals surface area contributed by atoms with Gasteiger partial charge in [-0.3, -0.25) is 4.79 Å². The van der Waals surface area contributed by atoms with Crippen LogP contribution in [0.5, 0.6) is 5.75 Å². The van der Waals surface area contributed by atoms with E-state index in [9.17, 15) is 9.18 Å². The van der Waals surface area contributed by atoms with Crippen LogP contribution in [0.4, 0.5) is 4.39 Å². The number of halogens is 1. The van der Waals surface area contributed by atoms with Gasteiger partial charge >= 0.3 is 0 Å². The SMILES string of the molecule is COc1ccccc1-n1ncc(C(=O)N2CCCOC(CF)C2)c1C. The molecule has 1 atom stereocenters. The number of benzene rings is 1. The zero-order valence-electron chi connectivity index (χ0n) is 14.4. The fraction of sp³-hybridized carbons (Fsp3) is 0.444. The minimum Gasteiger partial charge on any atom is -0.494 e. The molecule has 1 saturated heterocycles. The van der Waals surface area contributed by atoms with Crippen molar-refractivity contribution in [1.29, 1.82) is 0 Å². The van der Waals surface area contributed by atoms with Crippen molar-refractivity contribution in [3.63, 3.8) is 0 Å². The Labute approximate surface area is 146 Å². The zero-order valence-corrected chi connectivity index (χ0v) is 14.4. The van der Waals surface area contributed by atoms with Crippen molar-refractivity contribution < 1.29 is 18.7 Å². The first-order valence-electron chi connectivity index (χ1n) is 8.30. The molecular formula is C18H22FN3O3. The molecule has 1 aromatic carbocycles. The fourth-order valence-corrected chi connectivity index (χ4v) is 3.01. The number of rotatable bonds is 4. The van der Waals surface area contributed by atoms with Gasteiger partial charge in [0.05, 0.1) is 24.6 Å². The summed E-state index contributed by atoms with van der Waals surface area (Å²) in [5.74, 6) is 0.524. The predicted octanol–water partition coefficient (Wildman–Crippen LogP) is 2.39. The van der Waals surface area contributed by atoms with Gasteiger partial charge in [-0.25, -0.2) is 9.07 Å². The van der Waals surface area contributed by atoms with Crippen molar-refractivity contribution in [3.8, 4) is 11.4 Å². The van der Waals surface area contributed by atoms with Crippen molar-refractivity contribution in [2.75, 3.05) is 33.5 Å². The van der Waals surface area contributed by atoms with Crippen molar-refractivity contribution in [1.82, 2.24) is 14.7 Å². The van der Waals surface area contributed by atoms with Gasteiger partial charge in [0, 0.05) is 19.7 Å². The molecule has 2 heterocycles. The second kappa shape index (κ2) is 7.65. The zero-order chi connectivity index (χ0) is 17.8. The number of hydrogen-bond donors (Lipinski definition) is 0. The van der Waals surface area contributed by atoms with Crippen molar-refractivity contribution in [3.05, 3.63) is 41.7 Å². The maximum Gasteiger partial charge on any atom is 0.257 e. The molecule has 1 aliphatic rings. The van der Waals surface area contributed by atoms with E-state index in [1.807, 2.05) is 31.2 Å². The number of alkyl halides is 1. The Morgan fingerprint density at radius 2 is 2.24 bits per heavy atom. The Kier molecular flexibility index (Phi) is 5.33. The highest BCUT2D eigenvalue weighted by Crippen LogP contribution is 2.24. The highest BCUT2D eigenvalue weighted by Gasteiger charge is 2.26. The van der Waals surface area contributed by atoms with Gasteiger partial charge < -0.3 is 14.4 Å². The lowest BCUT2D eigenvalue weighted by molar-refractivity contribution is 0.0342. The molecule has 0 bridgehead atoms. The molecule has 25 heavy (non-hydrogen) atoms. The van der Waals surface area contributed by atoms with Crippen LogP contribution in [0.3, 0.4) is 0 Å². The quantitative estimate of drug-likeness (QED) is 0.852. The third-order valence-corrected chi connectivity index (χ3v) is 4.36. The standard InChI is InChI=1S/C18H22FN3O3/c1-13-15(18(23)21-8-5-9-25-14(10-19)12-21)11-20-22(13)16-6-3-4-7-17(16)24-2/h3-4,6-7,11,14H,5,8-10,12H2,1-2H3. The summed E-state index contributed by atoms with van der Waals surface area (Å²) in [6.07, 6.45) is 1.69. The van der Waals surface area contributed by atoms with Crippen LogP contribution in [0.25, 0.3) is 5.69 Å². The molecule has 7 heteroatoms. The van der Waals surface area contributed by atoms with Crippen molar-refractivity contribution in [2.24, 2.45) is 0 Å². The number of methoxy groups -OCH3 is 1. The van der Waals surface area contributed by atoms with Gasteiger partial charge in [0.25, 0.3) is 5.91 Å². The maximum atomic E-state index is 13.0. The molecule has 134 valence electrons. The van der Waals surface area contributed by atoms with Gasteiger partial charge in [-0.1, -0.05) is 12.1 Å². The first kappa shape index (κ1) is 17.4. The van der Waals surface area contributed by atoms with Crippen LogP contribution in [0, 0.1) is 6.92 Å². The maximum absolute atomic E-state index is 13.0. The second-order valence-electron chi connectivity index (χ2n) is 5.98. The Hall–Kier alpha value is -2.41. The van der Waals surface area contributed by atoms with Crippen LogP contribution in [-0.4, -0.2) is 60.2 Å². The van der Waals surface area contributed by atoms with E-state index < -0.39 is 12.8 Å². The van der Waals surface area contributed by atoms with Gasteiger partial charge in [-0.05, 0) is 25.5 Å². The summed E-state index contributed by atoms with van der Waals surface area (Å²) in [6.45, 7) is 2.53.